The summed E-state index contributed by atoms with van der Waals surface area (Å²) in [5, 5.41) is 0.571. The van der Waals surface area contributed by atoms with Crippen LogP contribution in [0.15, 0.2) is 22.6 Å². The van der Waals surface area contributed by atoms with Crippen molar-refractivity contribution in [1.82, 2.24) is 9.97 Å². The second-order valence-electron chi connectivity index (χ2n) is 3.90. The van der Waals surface area contributed by atoms with Gasteiger partial charge >= 0.3 is 0 Å². The zero-order chi connectivity index (χ0) is 12.9. The molecule has 0 aliphatic rings. The number of aryl methyl sites for hydroxylation is 1. The molecule has 0 aliphatic carbocycles. The Bertz CT molecular complexity index is 754. The summed E-state index contributed by atoms with van der Waals surface area (Å²) in [6.07, 6.45) is -2.76. The monoisotopic (exact) mass is 268 g/mol. The highest BCUT2D eigenvalue weighted by molar-refractivity contribution is 6.34. The molecule has 0 radical (unpaired) electrons. The Hall–Kier alpha value is -1.75. The van der Waals surface area contributed by atoms with Gasteiger partial charge in [0.25, 0.3) is 6.43 Å². The van der Waals surface area contributed by atoms with Crippen LogP contribution in [0, 0.1) is 6.92 Å². The quantitative estimate of drug-likeness (QED) is 0.619. The summed E-state index contributed by atoms with van der Waals surface area (Å²) in [6.45, 7) is 1.86. The lowest BCUT2D eigenvalue weighted by Crippen LogP contribution is -1.95. The summed E-state index contributed by atoms with van der Waals surface area (Å²) in [5.41, 5.74) is 2.05. The predicted molar refractivity (Wildman–Crippen MR) is 64.0 cm³/mol. The van der Waals surface area contributed by atoms with Gasteiger partial charge in [0.05, 0.1) is 0 Å². The summed E-state index contributed by atoms with van der Waals surface area (Å²) >= 11 is 5.85. The Morgan fingerprint density at radius 2 is 2.00 bits per heavy atom. The van der Waals surface area contributed by atoms with E-state index in [-0.39, 0.29) is 10.7 Å². The lowest BCUT2D eigenvalue weighted by Gasteiger charge is -1.98. The van der Waals surface area contributed by atoms with Crippen LogP contribution in [-0.4, -0.2) is 9.97 Å². The van der Waals surface area contributed by atoms with Crippen molar-refractivity contribution in [2.75, 3.05) is 0 Å². The number of halogens is 3. The molecule has 18 heavy (non-hydrogen) atoms. The molecule has 3 aromatic rings. The number of furan rings is 1. The lowest BCUT2D eigenvalue weighted by atomic mass is 10.1. The van der Waals surface area contributed by atoms with E-state index in [4.69, 9.17) is 16.0 Å². The molecule has 0 amide bonds. The van der Waals surface area contributed by atoms with Gasteiger partial charge in [0.2, 0.25) is 0 Å². The summed E-state index contributed by atoms with van der Waals surface area (Å²) in [7, 11) is 0. The zero-order valence-corrected chi connectivity index (χ0v) is 10.0. The Morgan fingerprint density at radius 3 is 2.72 bits per heavy atom. The fourth-order valence-electron chi connectivity index (χ4n) is 1.89. The van der Waals surface area contributed by atoms with Crippen LogP contribution in [0.1, 0.15) is 17.8 Å². The topological polar surface area (TPSA) is 38.9 Å². The summed E-state index contributed by atoms with van der Waals surface area (Å²) in [5.74, 6) is -0.586. The van der Waals surface area contributed by atoms with Gasteiger partial charge in [0.1, 0.15) is 11.1 Å². The number of hydrogen-bond donors (Lipinski definition) is 0. The predicted octanol–water partition coefficient (Wildman–Crippen LogP) is 4.28. The van der Waals surface area contributed by atoms with E-state index in [1.54, 1.807) is 6.07 Å². The molecule has 0 N–H and O–H groups in total. The summed E-state index contributed by atoms with van der Waals surface area (Å²) in [6, 6.07) is 5.43. The van der Waals surface area contributed by atoms with Gasteiger partial charge in [0, 0.05) is 5.39 Å². The first-order valence-electron chi connectivity index (χ1n) is 5.21. The van der Waals surface area contributed by atoms with Crippen molar-refractivity contribution < 1.29 is 13.2 Å². The highest BCUT2D eigenvalue weighted by Crippen LogP contribution is 2.33. The first kappa shape index (κ1) is 11.3. The van der Waals surface area contributed by atoms with Crippen LogP contribution < -0.4 is 0 Å². The van der Waals surface area contributed by atoms with Crippen LogP contribution in [0.3, 0.4) is 0 Å². The molecular weight excluding hydrogens is 262 g/mol. The molecule has 92 valence electrons. The molecule has 0 bridgehead atoms. The van der Waals surface area contributed by atoms with Crippen LogP contribution in [0.25, 0.3) is 22.1 Å². The Morgan fingerprint density at radius 1 is 1.22 bits per heavy atom. The Labute approximate surface area is 105 Å². The van der Waals surface area contributed by atoms with Crippen molar-refractivity contribution in [1.29, 1.82) is 0 Å². The van der Waals surface area contributed by atoms with Gasteiger partial charge in [-0.3, -0.25) is 0 Å². The van der Waals surface area contributed by atoms with Crippen LogP contribution in [0.2, 0.25) is 5.15 Å². The van der Waals surface area contributed by atoms with Crippen molar-refractivity contribution in [3.63, 3.8) is 0 Å². The van der Waals surface area contributed by atoms with Gasteiger partial charge in [0.15, 0.2) is 16.6 Å². The fraction of sp³-hybridized carbons (Fsp3) is 0.167. The molecule has 0 saturated carbocycles. The smallest absolute Gasteiger partial charge is 0.297 e. The SMILES string of the molecule is Cc1cccc2c1oc1c(Cl)nc(C(F)F)nc12. The average Bonchev–Trinajstić information content (AvgIpc) is 2.70. The van der Waals surface area contributed by atoms with E-state index < -0.39 is 12.2 Å². The molecule has 0 spiro atoms. The zero-order valence-electron chi connectivity index (χ0n) is 9.25. The number of para-hydroxylation sites is 1. The minimum Gasteiger partial charge on any atom is -0.451 e. The normalized spacial score (nSPS) is 11.8. The van der Waals surface area contributed by atoms with E-state index in [1.165, 1.54) is 0 Å². The number of aromatic nitrogens is 2. The van der Waals surface area contributed by atoms with Crippen LogP contribution in [0.5, 0.6) is 0 Å². The molecule has 6 heteroatoms. The molecule has 2 heterocycles. The first-order valence-corrected chi connectivity index (χ1v) is 5.59. The largest absolute Gasteiger partial charge is 0.451 e. The van der Waals surface area contributed by atoms with E-state index in [1.807, 2.05) is 19.1 Å². The highest BCUT2D eigenvalue weighted by atomic mass is 35.5. The third kappa shape index (κ3) is 1.54. The summed E-state index contributed by atoms with van der Waals surface area (Å²) in [4.78, 5) is 7.36. The van der Waals surface area contributed by atoms with E-state index in [2.05, 4.69) is 9.97 Å². The van der Waals surface area contributed by atoms with Crippen molar-refractivity contribution in [2.24, 2.45) is 0 Å². The second kappa shape index (κ2) is 3.88. The van der Waals surface area contributed by atoms with Gasteiger partial charge in [-0.1, -0.05) is 23.7 Å². The van der Waals surface area contributed by atoms with Gasteiger partial charge in [-0.05, 0) is 18.6 Å². The molecule has 3 rings (SSSR count). The maximum atomic E-state index is 12.6. The molecule has 1 aromatic carbocycles. The van der Waals surface area contributed by atoms with Gasteiger partial charge in [-0.2, -0.15) is 0 Å². The number of benzene rings is 1. The number of alkyl halides is 2. The van der Waals surface area contributed by atoms with Crippen LogP contribution in [0.4, 0.5) is 8.78 Å². The van der Waals surface area contributed by atoms with Crippen molar-refractivity contribution in [3.05, 3.63) is 34.7 Å². The van der Waals surface area contributed by atoms with Gasteiger partial charge in [-0.25, -0.2) is 18.7 Å². The molecule has 3 nitrogen and oxygen atoms in total. The Kier molecular flexibility index (Phi) is 2.45. The third-order valence-electron chi connectivity index (χ3n) is 2.71. The van der Waals surface area contributed by atoms with E-state index in [9.17, 15) is 8.78 Å². The molecule has 2 aromatic heterocycles. The lowest BCUT2D eigenvalue weighted by molar-refractivity contribution is 0.141. The Balaban J connectivity index is 2.48. The number of nitrogens with zero attached hydrogens (tertiary/aromatic N) is 2. The van der Waals surface area contributed by atoms with Crippen LogP contribution in [-0.2, 0) is 0 Å². The van der Waals surface area contributed by atoms with Crippen molar-refractivity contribution in [3.8, 4) is 0 Å². The number of rotatable bonds is 1. The van der Waals surface area contributed by atoms with E-state index in [0.717, 1.165) is 5.56 Å². The third-order valence-corrected chi connectivity index (χ3v) is 2.96. The molecule has 0 fully saturated rings. The van der Waals surface area contributed by atoms with E-state index in [0.29, 0.717) is 16.5 Å². The minimum absolute atomic E-state index is 0.0918. The average molecular weight is 269 g/mol. The number of fused-ring (bicyclic) bond motifs is 3. The minimum atomic E-state index is -2.76. The van der Waals surface area contributed by atoms with Crippen molar-refractivity contribution in [2.45, 2.75) is 13.3 Å². The maximum absolute atomic E-state index is 12.6. The molecular formula is C12H7ClF2N2O. The highest BCUT2D eigenvalue weighted by Gasteiger charge is 2.19. The molecule has 0 unspecified atom stereocenters. The summed E-state index contributed by atoms with van der Waals surface area (Å²) < 4.78 is 30.8. The first-order chi connectivity index (χ1) is 8.58. The number of hydrogen-bond acceptors (Lipinski definition) is 3. The van der Waals surface area contributed by atoms with Crippen LogP contribution >= 0.6 is 11.6 Å². The van der Waals surface area contributed by atoms with Crippen molar-refractivity contribution >= 4 is 33.7 Å². The maximum Gasteiger partial charge on any atom is 0.297 e. The van der Waals surface area contributed by atoms with Gasteiger partial charge in [-0.15, -0.1) is 0 Å². The second-order valence-corrected chi connectivity index (χ2v) is 4.26. The standard InChI is InChI=1S/C12H7ClF2N2O/c1-5-3-2-4-6-7-9(18-8(5)6)10(13)17-12(16-7)11(14)15/h2-4,11H,1H3. The molecule has 0 saturated heterocycles. The van der Waals surface area contributed by atoms with Gasteiger partial charge < -0.3 is 4.42 Å². The fourth-order valence-corrected chi connectivity index (χ4v) is 2.10. The molecule has 0 aliphatic heterocycles. The molecule has 0 atom stereocenters. The van der Waals surface area contributed by atoms with E-state index >= 15 is 0 Å².